The first-order valence-corrected chi connectivity index (χ1v) is 6.03. The number of hydrogen-bond donors (Lipinski definition) is 1. The molecule has 0 spiro atoms. The van der Waals surface area contributed by atoms with E-state index < -0.39 is 0 Å². The maximum absolute atomic E-state index is 13.6. The number of halogens is 1. The van der Waals surface area contributed by atoms with Gasteiger partial charge in [-0.05, 0) is 32.5 Å². The standard InChI is InChI=1S/C14H18FNO2/c1-9(17-3)7-12(16-2)13-8-10-5-4-6-11(15)14(10)18-13/h4-6,8-9,12,16H,7H2,1-3H3. The summed E-state index contributed by atoms with van der Waals surface area (Å²) in [6.45, 7) is 1.99. The van der Waals surface area contributed by atoms with Crippen molar-refractivity contribution in [2.75, 3.05) is 14.2 Å². The molecule has 2 unspecified atom stereocenters. The van der Waals surface area contributed by atoms with Gasteiger partial charge >= 0.3 is 0 Å². The lowest BCUT2D eigenvalue weighted by Crippen LogP contribution is -2.21. The van der Waals surface area contributed by atoms with Gasteiger partial charge in [0.05, 0.1) is 12.1 Å². The molecular weight excluding hydrogens is 233 g/mol. The van der Waals surface area contributed by atoms with E-state index in [4.69, 9.17) is 9.15 Å². The van der Waals surface area contributed by atoms with Crippen molar-refractivity contribution in [3.8, 4) is 0 Å². The minimum atomic E-state index is -0.326. The molecule has 18 heavy (non-hydrogen) atoms. The predicted octanol–water partition coefficient (Wildman–Crippen LogP) is 3.26. The molecule has 1 aromatic heterocycles. The van der Waals surface area contributed by atoms with E-state index in [9.17, 15) is 4.39 Å². The van der Waals surface area contributed by atoms with Gasteiger partial charge < -0.3 is 14.5 Å². The quantitative estimate of drug-likeness (QED) is 0.885. The third kappa shape index (κ3) is 2.54. The molecule has 0 aliphatic heterocycles. The monoisotopic (exact) mass is 251 g/mol. The Kier molecular flexibility index (Phi) is 3.99. The summed E-state index contributed by atoms with van der Waals surface area (Å²) in [7, 11) is 3.53. The summed E-state index contributed by atoms with van der Waals surface area (Å²) in [5.74, 6) is 0.412. The second-order valence-electron chi connectivity index (χ2n) is 4.43. The van der Waals surface area contributed by atoms with E-state index in [0.717, 1.165) is 17.6 Å². The Morgan fingerprint density at radius 1 is 1.44 bits per heavy atom. The molecule has 0 saturated heterocycles. The Balaban J connectivity index is 2.31. The largest absolute Gasteiger partial charge is 0.456 e. The first kappa shape index (κ1) is 13.1. The maximum Gasteiger partial charge on any atom is 0.169 e. The average Bonchev–Trinajstić information content (AvgIpc) is 2.80. The highest BCUT2D eigenvalue weighted by molar-refractivity contribution is 5.78. The van der Waals surface area contributed by atoms with Gasteiger partial charge in [0, 0.05) is 12.5 Å². The number of para-hydroxylation sites is 1. The number of ether oxygens (including phenoxy) is 1. The summed E-state index contributed by atoms with van der Waals surface area (Å²) < 4.78 is 24.4. The minimum absolute atomic E-state index is 0.0201. The summed E-state index contributed by atoms with van der Waals surface area (Å²) in [6.07, 6.45) is 0.884. The molecular formula is C14H18FNO2. The van der Waals surface area contributed by atoms with Crippen LogP contribution in [-0.4, -0.2) is 20.3 Å². The average molecular weight is 251 g/mol. The van der Waals surface area contributed by atoms with E-state index in [1.807, 2.05) is 26.1 Å². The highest BCUT2D eigenvalue weighted by Gasteiger charge is 2.18. The van der Waals surface area contributed by atoms with Crippen molar-refractivity contribution in [2.45, 2.75) is 25.5 Å². The summed E-state index contributed by atoms with van der Waals surface area (Å²) in [5.41, 5.74) is 0.317. The molecule has 4 heteroatoms. The Morgan fingerprint density at radius 3 is 2.83 bits per heavy atom. The zero-order valence-corrected chi connectivity index (χ0v) is 10.9. The molecule has 2 aromatic rings. The molecule has 2 atom stereocenters. The molecule has 1 N–H and O–H groups in total. The van der Waals surface area contributed by atoms with Crippen molar-refractivity contribution in [1.82, 2.24) is 5.32 Å². The van der Waals surface area contributed by atoms with Gasteiger partial charge in [-0.3, -0.25) is 0 Å². The van der Waals surface area contributed by atoms with E-state index in [2.05, 4.69) is 5.32 Å². The minimum Gasteiger partial charge on any atom is -0.456 e. The van der Waals surface area contributed by atoms with E-state index in [-0.39, 0.29) is 18.0 Å². The third-order valence-corrected chi connectivity index (χ3v) is 3.18. The first-order valence-electron chi connectivity index (χ1n) is 6.03. The fraction of sp³-hybridized carbons (Fsp3) is 0.429. The molecule has 0 aliphatic rings. The summed E-state index contributed by atoms with van der Waals surface area (Å²) in [6, 6.07) is 6.83. The van der Waals surface area contributed by atoms with Gasteiger partial charge in [-0.15, -0.1) is 0 Å². The normalized spacial score (nSPS) is 14.9. The predicted molar refractivity (Wildman–Crippen MR) is 69.1 cm³/mol. The number of rotatable bonds is 5. The van der Waals surface area contributed by atoms with Gasteiger partial charge in [-0.2, -0.15) is 0 Å². The Morgan fingerprint density at radius 2 is 2.22 bits per heavy atom. The van der Waals surface area contributed by atoms with Crippen LogP contribution in [0.25, 0.3) is 11.0 Å². The number of benzene rings is 1. The van der Waals surface area contributed by atoms with Crippen molar-refractivity contribution >= 4 is 11.0 Å². The Bertz CT molecular complexity index is 523. The van der Waals surface area contributed by atoms with Crippen molar-refractivity contribution in [3.05, 3.63) is 35.8 Å². The van der Waals surface area contributed by atoms with Crippen molar-refractivity contribution < 1.29 is 13.5 Å². The molecule has 1 heterocycles. The van der Waals surface area contributed by atoms with Crippen LogP contribution in [0.5, 0.6) is 0 Å². The van der Waals surface area contributed by atoms with Crippen LogP contribution in [-0.2, 0) is 4.74 Å². The van der Waals surface area contributed by atoms with Crippen LogP contribution in [0.3, 0.4) is 0 Å². The second kappa shape index (κ2) is 5.50. The molecule has 0 amide bonds. The topological polar surface area (TPSA) is 34.4 Å². The first-order chi connectivity index (χ1) is 8.65. The van der Waals surface area contributed by atoms with E-state index in [1.165, 1.54) is 6.07 Å². The SMILES string of the molecule is CNC(CC(C)OC)c1cc2cccc(F)c2o1. The number of fused-ring (bicyclic) bond motifs is 1. The highest BCUT2D eigenvalue weighted by atomic mass is 19.1. The van der Waals surface area contributed by atoms with Gasteiger partial charge in [-0.1, -0.05) is 12.1 Å². The number of hydrogen-bond acceptors (Lipinski definition) is 3. The van der Waals surface area contributed by atoms with Gasteiger partial charge in [0.15, 0.2) is 11.4 Å². The summed E-state index contributed by atoms with van der Waals surface area (Å²) in [5, 5.41) is 3.96. The fourth-order valence-electron chi connectivity index (χ4n) is 2.02. The molecule has 3 nitrogen and oxygen atoms in total. The van der Waals surface area contributed by atoms with Gasteiger partial charge in [-0.25, -0.2) is 4.39 Å². The Labute approximate surface area is 106 Å². The van der Waals surface area contributed by atoms with Crippen molar-refractivity contribution in [3.63, 3.8) is 0 Å². The third-order valence-electron chi connectivity index (χ3n) is 3.18. The van der Waals surface area contributed by atoms with Crippen LogP contribution < -0.4 is 5.32 Å². The van der Waals surface area contributed by atoms with Crippen molar-refractivity contribution in [1.29, 1.82) is 0 Å². The highest BCUT2D eigenvalue weighted by Crippen LogP contribution is 2.28. The van der Waals surface area contributed by atoms with E-state index >= 15 is 0 Å². The summed E-state index contributed by atoms with van der Waals surface area (Å²) in [4.78, 5) is 0. The lowest BCUT2D eigenvalue weighted by molar-refractivity contribution is 0.0988. The van der Waals surface area contributed by atoms with E-state index in [1.54, 1.807) is 13.2 Å². The lowest BCUT2D eigenvalue weighted by atomic mass is 10.1. The van der Waals surface area contributed by atoms with Gasteiger partial charge in [0.2, 0.25) is 0 Å². The van der Waals surface area contributed by atoms with Crippen LogP contribution in [0.2, 0.25) is 0 Å². The summed E-state index contributed by atoms with van der Waals surface area (Å²) >= 11 is 0. The molecule has 98 valence electrons. The second-order valence-corrected chi connectivity index (χ2v) is 4.43. The van der Waals surface area contributed by atoms with Gasteiger partial charge in [0.25, 0.3) is 0 Å². The Hall–Kier alpha value is -1.39. The number of nitrogens with one attached hydrogen (secondary N) is 1. The van der Waals surface area contributed by atoms with Gasteiger partial charge in [0.1, 0.15) is 5.76 Å². The smallest absolute Gasteiger partial charge is 0.169 e. The van der Waals surface area contributed by atoms with Crippen molar-refractivity contribution in [2.24, 2.45) is 0 Å². The molecule has 2 rings (SSSR count). The molecule has 0 saturated carbocycles. The molecule has 1 aromatic carbocycles. The zero-order valence-electron chi connectivity index (χ0n) is 10.9. The van der Waals surface area contributed by atoms with Crippen LogP contribution >= 0.6 is 0 Å². The molecule has 0 bridgehead atoms. The lowest BCUT2D eigenvalue weighted by Gasteiger charge is -2.17. The van der Waals surface area contributed by atoms with E-state index in [0.29, 0.717) is 5.58 Å². The fourth-order valence-corrected chi connectivity index (χ4v) is 2.02. The molecule has 0 aliphatic carbocycles. The number of methoxy groups -OCH3 is 1. The van der Waals surface area contributed by atoms with Crippen LogP contribution in [0, 0.1) is 5.82 Å². The maximum atomic E-state index is 13.6. The van der Waals surface area contributed by atoms with Crippen LogP contribution in [0.15, 0.2) is 28.7 Å². The molecule has 0 fully saturated rings. The number of furan rings is 1. The zero-order chi connectivity index (χ0) is 13.1. The van der Waals surface area contributed by atoms with Crippen LogP contribution in [0.1, 0.15) is 25.1 Å². The molecule has 0 radical (unpaired) electrons. The van der Waals surface area contributed by atoms with Crippen LogP contribution in [0.4, 0.5) is 4.39 Å².